The Morgan fingerprint density at radius 1 is 1.26 bits per heavy atom. The van der Waals surface area contributed by atoms with Gasteiger partial charge in [0.15, 0.2) is 0 Å². The van der Waals surface area contributed by atoms with Crippen molar-refractivity contribution >= 4 is 0 Å². The summed E-state index contributed by atoms with van der Waals surface area (Å²) in [5, 5.41) is 20.8. The molecule has 2 atom stereocenters. The van der Waals surface area contributed by atoms with Gasteiger partial charge in [0.1, 0.15) is 5.75 Å². The van der Waals surface area contributed by atoms with E-state index in [1.165, 1.54) is 24.3 Å². The van der Waals surface area contributed by atoms with Crippen molar-refractivity contribution in [3.8, 4) is 5.75 Å². The van der Waals surface area contributed by atoms with E-state index in [-0.39, 0.29) is 24.9 Å². The Kier molecular flexibility index (Phi) is 5.59. The number of hydrogen-bond acceptors (Lipinski definition) is 4. The molecule has 0 fully saturated rings. The highest BCUT2D eigenvalue weighted by molar-refractivity contribution is 5.29. The highest BCUT2D eigenvalue weighted by Crippen LogP contribution is 2.24. The minimum Gasteiger partial charge on any atom is -0.406 e. The zero-order chi connectivity index (χ0) is 14.5. The van der Waals surface area contributed by atoms with Crippen LogP contribution in [0.3, 0.4) is 0 Å². The molecule has 0 saturated heterocycles. The first-order chi connectivity index (χ1) is 8.81. The first-order valence-corrected chi connectivity index (χ1v) is 5.70. The number of rotatable bonds is 6. The summed E-state index contributed by atoms with van der Waals surface area (Å²) in [4.78, 5) is 0. The third-order valence-electron chi connectivity index (χ3n) is 2.48. The molecule has 4 nitrogen and oxygen atoms in total. The third-order valence-corrected chi connectivity index (χ3v) is 2.48. The zero-order valence-corrected chi connectivity index (χ0v) is 10.3. The molecule has 1 rings (SSSR count). The van der Waals surface area contributed by atoms with Crippen LogP contribution in [0, 0.1) is 0 Å². The standard InChI is InChI=1S/C12H16F3NO3/c1-8(16-6-10(18)7-17)9-2-4-11(5-3-9)19-12(13,14)15/h2-5,8,10,16-18H,6-7H2,1H3. The summed E-state index contributed by atoms with van der Waals surface area (Å²) >= 11 is 0. The number of hydrogen-bond donors (Lipinski definition) is 3. The number of alkyl halides is 3. The molecule has 1 aromatic rings. The Bertz CT molecular complexity index is 381. The Balaban J connectivity index is 2.55. The molecule has 0 aliphatic rings. The minimum absolute atomic E-state index is 0.166. The summed E-state index contributed by atoms with van der Waals surface area (Å²) in [7, 11) is 0. The number of aliphatic hydroxyl groups excluding tert-OH is 2. The van der Waals surface area contributed by atoms with Gasteiger partial charge in [0.05, 0.1) is 12.7 Å². The lowest BCUT2D eigenvalue weighted by molar-refractivity contribution is -0.274. The third kappa shape index (κ3) is 5.91. The van der Waals surface area contributed by atoms with E-state index in [1.54, 1.807) is 6.92 Å². The van der Waals surface area contributed by atoms with E-state index in [4.69, 9.17) is 10.2 Å². The van der Waals surface area contributed by atoms with Crippen LogP contribution >= 0.6 is 0 Å². The van der Waals surface area contributed by atoms with Crippen LogP contribution in [0.4, 0.5) is 13.2 Å². The van der Waals surface area contributed by atoms with Gasteiger partial charge in [-0.2, -0.15) is 0 Å². The molecule has 0 bridgehead atoms. The molecule has 7 heteroatoms. The lowest BCUT2D eigenvalue weighted by Gasteiger charge is -2.17. The lowest BCUT2D eigenvalue weighted by Crippen LogP contribution is -2.31. The van der Waals surface area contributed by atoms with Crippen LogP contribution in [-0.4, -0.2) is 35.8 Å². The van der Waals surface area contributed by atoms with Gasteiger partial charge in [-0.15, -0.1) is 13.2 Å². The van der Waals surface area contributed by atoms with E-state index < -0.39 is 12.5 Å². The maximum absolute atomic E-state index is 12.0. The van der Waals surface area contributed by atoms with Crippen LogP contribution in [0.25, 0.3) is 0 Å². The first-order valence-electron chi connectivity index (χ1n) is 5.70. The fraction of sp³-hybridized carbons (Fsp3) is 0.500. The van der Waals surface area contributed by atoms with E-state index in [0.717, 1.165) is 5.56 Å². The molecule has 0 amide bonds. The van der Waals surface area contributed by atoms with Crippen molar-refractivity contribution in [2.75, 3.05) is 13.2 Å². The molecule has 0 aliphatic heterocycles. The van der Waals surface area contributed by atoms with E-state index in [9.17, 15) is 13.2 Å². The highest BCUT2D eigenvalue weighted by atomic mass is 19.4. The second-order valence-corrected chi connectivity index (χ2v) is 4.08. The molecular formula is C12H16F3NO3. The van der Waals surface area contributed by atoms with Crippen LogP contribution in [0.5, 0.6) is 5.75 Å². The number of nitrogens with one attached hydrogen (secondary N) is 1. The van der Waals surface area contributed by atoms with Gasteiger partial charge in [0, 0.05) is 12.6 Å². The summed E-state index contributed by atoms with van der Waals surface area (Å²) < 4.78 is 39.6. The predicted molar refractivity (Wildman–Crippen MR) is 62.6 cm³/mol. The smallest absolute Gasteiger partial charge is 0.406 e. The molecule has 0 heterocycles. The van der Waals surface area contributed by atoms with Gasteiger partial charge in [-0.3, -0.25) is 0 Å². The van der Waals surface area contributed by atoms with E-state index in [1.807, 2.05) is 0 Å². The van der Waals surface area contributed by atoms with Gasteiger partial charge in [0.2, 0.25) is 0 Å². The van der Waals surface area contributed by atoms with Crippen LogP contribution in [-0.2, 0) is 0 Å². The van der Waals surface area contributed by atoms with Gasteiger partial charge in [0.25, 0.3) is 0 Å². The summed E-state index contributed by atoms with van der Waals surface area (Å²) in [5.41, 5.74) is 0.750. The van der Waals surface area contributed by atoms with E-state index in [0.29, 0.717) is 0 Å². The van der Waals surface area contributed by atoms with Crippen molar-refractivity contribution in [1.29, 1.82) is 0 Å². The average molecular weight is 279 g/mol. The Labute approximate surface area is 108 Å². The molecule has 0 spiro atoms. The average Bonchev–Trinajstić information content (AvgIpc) is 2.34. The van der Waals surface area contributed by atoms with Gasteiger partial charge in [-0.1, -0.05) is 12.1 Å². The minimum atomic E-state index is -4.70. The largest absolute Gasteiger partial charge is 0.573 e. The number of ether oxygens (including phenoxy) is 1. The maximum atomic E-state index is 12.0. The van der Waals surface area contributed by atoms with Crippen molar-refractivity contribution in [2.24, 2.45) is 0 Å². The summed E-state index contributed by atoms with van der Waals surface area (Å²) in [6, 6.07) is 5.29. The quantitative estimate of drug-likeness (QED) is 0.740. The molecule has 0 radical (unpaired) electrons. The lowest BCUT2D eigenvalue weighted by atomic mass is 10.1. The molecule has 108 valence electrons. The van der Waals surface area contributed by atoms with Crippen molar-refractivity contribution in [2.45, 2.75) is 25.4 Å². The van der Waals surface area contributed by atoms with Gasteiger partial charge >= 0.3 is 6.36 Å². The van der Waals surface area contributed by atoms with Crippen LogP contribution < -0.4 is 10.1 Å². The van der Waals surface area contributed by atoms with Crippen molar-refractivity contribution in [3.63, 3.8) is 0 Å². The summed E-state index contributed by atoms with van der Waals surface area (Å²) in [6.45, 7) is 1.64. The van der Waals surface area contributed by atoms with Crippen LogP contribution in [0.2, 0.25) is 0 Å². The molecule has 3 N–H and O–H groups in total. The number of halogens is 3. The monoisotopic (exact) mass is 279 g/mol. The fourth-order valence-electron chi connectivity index (χ4n) is 1.45. The Hall–Kier alpha value is -1.31. The van der Waals surface area contributed by atoms with Crippen LogP contribution in [0.15, 0.2) is 24.3 Å². The molecule has 0 aromatic heterocycles. The molecule has 0 aliphatic carbocycles. The Morgan fingerprint density at radius 2 is 1.84 bits per heavy atom. The van der Waals surface area contributed by atoms with Crippen LogP contribution in [0.1, 0.15) is 18.5 Å². The molecular weight excluding hydrogens is 263 g/mol. The first kappa shape index (κ1) is 15.7. The van der Waals surface area contributed by atoms with Crippen molar-refractivity contribution in [3.05, 3.63) is 29.8 Å². The van der Waals surface area contributed by atoms with Crippen molar-refractivity contribution < 1.29 is 28.1 Å². The highest BCUT2D eigenvalue weighted by Gasteiger charge is 2.30. The normalized spacial score (nSPS) is 15.1. The summed E-state index contributed by atoms with van der Waals surface area (Å²) in [6.07, 6.45) is -5.56. The van der Waals surface area contributed by atoms with Gasteiger partial charge in [-0.05, 0) is 24.6 Å². The molecule has 1 aromatic carbocycles. The van der Waals surface area contributed by atoms with Crippen molar-refractivity contribution in [1.82, 2.24) is 5.32 Å². The molecule has 2 unspecified atom stereocenters. The number of benzene rings is 1. The summed E-state index contributed by atoms with van der Waals surface area (Å²) in [5.74, 6) is -0.279. The second-order valence-electron chi connectivity index (χ2n) is 4.08. The topological polar surface area (TPSA) is 61.7 Å². The molecule has 0 saturated carbocycles. The van der Waals surface area contributed by atoms with Gasteiger partial charge in [-0.25, -0.2) is 0 Å². The second kappa shape index (κ2) is 6.74. The van der Waals surface area contributed by atoms with Gasteiger partial charge < -0.3 is 20.3 Å². The van der Waals surface area contributed by atoms with E-state index >= 15 is 0 Å². The predicted octanol–water partition coefficient (Wildman–Crippen LogP) is 1.59. The maximum Gasteiger partial charge on any atom is 0.573 e. The Morgan fingerprint density at radius 3 is 2.32 bits per heavy atom. The molecule has 19 heavy (non-hydrogen) atoms. The SMILES string of the molecule is CC(NCC(O)CO)c1ccc(OC(F)(F)F)cc1. The van der Waals surface area contributed by atoms with E-state index in [2.05, 4.69) is 10.1 Å². The fourth-order valence-corrected chi connectivity index (χ4v) is 1.45. The number of aliphatic hydroxyl groups is 2. The zero-order valence-electron chi connectivity index (χ0n) is 10.3.